The molecule has 9 nitrogen and oxygen atoms in total. The number of benzene rings is 12. The van der Waals surface area contributed by atoms with Crippen LogP contribution < -0.4 is 30.2 Å². The maximum atomic E-state index is 13.8. The second-order valence-corrected chi connectivity index (χ2v) is 27.9. The summed E-state index contributed by atoms with van der Waals surface area (Å²) in [5.74, 6) is -0.478. The van der Waals surface area contributed by atoms with Crippen molar-refractivity contribution in [2.24, 2.45) is 0 Å². The van der Waals surface area contributed by atoms with Crippen LogP contribution in [-0.2, 0) is 100 Å². The van der Waals surface area contributed by atoms with Gasteiger partial charge in [0.2, 0.25) is 11.8 Å². The van der Waals surface area contributed by atoms with E-state index in [9.17, 15) is 93.4 Å². The van der Waals surface area contributed by atoms with Crippen molar-refractivity contribution in [3.8, 4) is 17.2 Å². The number of hydrogen-bond acceptors (Lipinski definition) is 6. The molecule has 3 amide bonds. The molecular weight excluding hydrogens is 1600 g/mol. The zero-order valence-corrected chi connectivity index (χ0v) is 63.9. The van der Waals surface area contributed by atoms with E-state index in [1.165, 1.54) is 93.9 Å². The van der Waals surface area contributed by atoms with Crippen molar-refractivity contribution >= 4 is 17.7 Å². The Balaban J connectivity index is 0.000000189. The highest BCUT2D eigenvalue weighted by Gasteiger charge is 2.46. The van der Waals surface area contributed by atoms with Crippen molar-refractivity contribution in [1.82, 2.24) is 16.0 Å². The van der Waals surface area contributed by atoms with E-state index in [0.717, 1.165) is 72.8 Å². The van der Waals surface area contributed by atoms with E-state index in [1.807, 2.05) is 0 Å². The molecule has 120 heavy (non-hydrogen) atoms. The van der Waals surface area contributed by atoms with E-state index >= 15 is 0 Å². The fraction of sp³-hybridized carbons (Fsp3) is 0.194. The molecule has 12 aromatic carbocycles. The summed E-state index contributed by atoms with van der Waals surface area (Å²) in [6.07, 6.45) is -30.2. The monoisotopic (exact) mass is 1670 g/mol. The Kier molecular flexibility index (Phi) is 28.2. The third-order valence-electron chi connectivity index (χ3n) is 19.5. The van der Waals surface area contributed by atoms with E-state index in [2.05, 4.69) is 16.0 Å². The van der Waals surface area contributed by atoms with Gasteiger partial charge in [-0.1, -0.05) is 206 Å². The third-order valence-corrected chi connectivity index (χ3v) is 19.5. The zero-order chi connectivity index (χ0) is 86.9. The van der Waals surface area contributed by atoms with E-state index in [0.29, 0.717) is 45.1 Å². The lowest BCUT2D eigenvalue weighted by Crippen LogP contribution is -2.52. The first kappa shape index (κ1) is 89.5. The van der Waals surface area contributed by atoms with Gasteiger partial charge in [0.05, 0.1) is 77.1 Å². The molecular formula is C93H75F18N3O6. The largest absolute Gasteiger partial charge is 0.497 e. The van der Waals surface area contributed by atoms with Crippen LogP contribution in [0.4, 0.5) is 79.0 Å². The van der Waals surface area contributed by atoms with Crippen LogP contribution >= 0.6 is 0 Å². The van der Waals surface area contributed by atoms with Gasteiger partial charge in [0.25, 0.3) is 5.91 Å². The molecule has 0 aliphatic rings. The van der Waals surface area contributed by atoms with Gasteiger partial charge in [-0.15, -0.1) is 0 Å². The number of amides is 3. The number of carbonyl (C=O) groups excluding carboxylic acids is 3. The van der Waals surface area contributed by atoms with E-state index in [1.54, 1.807) is 170 Å². The summed E-state index contributed by atoms with van der Waals surface area (Å²) in [5, 5.41) is 8.47. The van der Waals surface area contributed by atoms with Gasteiger partial charge in [-0.2, -0.15) is 79.0 Å². The molecule has 12 aromatic rings. The summed E-state index contributed by atoms with van der Waals surface area (Å²) in [6, 6.07) is 73.0. The van der Waals surface area contributed by atoms with E-state index in [-0.39, 0.29) is 65.5 Å². The molecule has 1 unspecified atom stereocenters. The van der Waals surface area contributed by atoms with Crippen LogP contribution in [0.25, 0.3) is 0 Å². The second-order valence-electron chi connectivity index (χ2n) is 27.9. The smallest absolute Gasteiger partial charge is 0.416 e. The summed E-state index contributed by atoms with van der Waals surface area (Å²) in [6.45, 7) is 1.45. The fourth-order valence-corrected chi connectivity index (χ4v) is 13.7. The molecule has 27 heteroatoms. The topological polar surface area (TPSA) is 115 Å². The first-order chi connectivity index (χ1) is 56.7. The van der Waals surface area contributed by atoms with Crippen molar-refractivity contribution in [1.29, 1.82) is 0 Å². The standard InChI is InChI=1S/3C31H25F6NO2/c1-21(40-27-16-6-3-7-17-27)28(39)38-29(20-22-10-4-2-5-11-22,23-12-8-14-25(18-23)30(32,33)34)24-13-9-15-26(19-24)31(35,36)37;1-40-27-15-5-10-22(16-27)17-28(39)38-29(20-21-8-3-2-4-9-21,23-11-6-13-25(18-23)30(32,33)34)24-12-7-14-26(19-24)31(35,36)37;1-40-27-15-13-21(14-16-27)17-28(39)38-29(20-22-7-3-2-4-8-22,23-9-5-11-25(18-23)30(32,33)34)24-10-6-12-26(19-24)31(35,36)37/h2-19,21H,20H2,1H3,(H,38,39);2*2-16,18-19H,17,20H2,1H3,(H,38,39). The van der Waals surface area contributed by atoms with E-state index in [4.69, 9.17) is 14.2 Å². The van der Waals surface area contributed by atoms with Gasteiger partial charge in [0.1, 0.15) is 17.2 Å². The summed E-state index contributed by atoms with van der Waals surface area (Å²) >= 11 is 0. The Morgan fingerprint density at radius 3 is 0.783 bits per heavy atom. The Labute approximate surface area is 678 Å². The van der Waals surface area contributed by atoms with Crippen molar-refractivity contribution in [2.45, 2.75) is 98.8 Å². The van der Waals surface area contributed by atoms with Gasteiger partial charge in [-0.3, -0.25) is 14.4 Å². The third kappa shape index (κ3) is 23.3. The molecule has 0 aliphatic heterocycles. The molecule has 0 heterocycles. The molecule has 0 bridgehead atoms. The summed E-state index contributed by atoms with van der Waals surface area (Å²) in [5.41, 5.74) is -8.52. The summed E-state index contributed by atoms with van der Waals surface area (Å²) in [4.78, 5) is 40.6. The molecule has 3 N–H and O–H groups in total. The van der Waals surface area contributed by atoms with Crippen molar-refractivity contribution in [3.63, 3.8) is 0 Å². The molecule has 0 saturated heterocycles. The van der Waals surface area contributed by atoms with Crippen LogP contribution in [-0.4, -0.2) is 38.0 Å². The number of hydrogen-bond donors (Lipinski definition) is 3. The number of carbonyl (C=O) groups is 3. The normalized spacial score (nSPS) is 12.4. The highest BCUT2D eigenvalue weighted by atomic mass is 19.4. The first-order valence-corrected chi connectivity index (χ1v) is 36.8. The van der Waals surface area contributed by atoms with Gasteiger partial charge in [-0.25, -0.2) is 0 Å². The molecule has 0 radical (unpaired) electrons. The predicted octanol–water partition coefficient (Wildman–Crippen LogP) is 23.0. The lowest BCUT2D eigenvalue weighted by molar-refractivity contribution is -0.138. The Hall–Kier alpha value is -12.8. The zero-order valence-electron chi connectivity index (χ0n) is 63.9. The van der Waals surface area contributed by atoms with Crippen LogP contribution in [0.1, 0.15) is 102 Å². The molecule has 624 valence electrons. The lowest BCUT2D eigenvalue weighted by atomic mass is 9.76. The predicted molar refractivity (Wildman–Crippen MR) is 416 cm³/mol. The Bertz CT molecular complexity index is 5240. The minimum absolute atomic E-state index is 0.00594. The minimum Gasteiger partial charge on any atom is -0.497 e. The molecule has 0 aliphatic carbocycles. The molecule has 0 saturated carbocycles. The van der Waals surface area contributed by atoms with Crippen LogP contribution in [0.15, 0.2) is 315 Å². The second kappa shape index (κ2) is 37.9. The Morgan fingerprint density at radius 2 is 0.500 bits per heavy atom. The number of halogens is 18. The van der Waals surface area contributed by atoms with Gasteiger partial charge in [-0.05, 0) is 177 Å². The maximum absolute atomic E-state index is 13.8. The SMILES string of the molecule is CC(Oc1ccccc1)C(=O)NC(Cc1ccccc1)(c1cccc(C(F)(F)F)c1)c1cccc(C(F)(F)F)c1.COc1ccc(CC(=O)NC(Cc2ccccc2)(c2cccc(C(F)(F)F)c2)c2cccc(C(F)(F)F)c2)cc1.COc1cccc(CC(=O)NC(Cc2ccccc2)(c2cccc(C(F)(F)F)c2)c2cccc(C(F)(F)F)c2)c1. The van der Waals surface area contributed by atoms with Crippen LogP contribution in [0.2, 0.25) is 0 Å². The quantitative estimate of drug-likeness (QED) is 0.0519. The van der Waals surface area contributed by atoms with Gasteiger partial charge in [0, 0.05) is 19.3 Å². The number of alkyl halides is 18. The lowest BCUT2D eigenvalue weighted by Gasteiger charge is -2.38. The van der Waals surface area contributed by atoms with Gasteiger partial charge >= 0.3 is 37.1 Å². The first-order valence-electron chi connectivity index (χ1n) is 36.8. The van der Waals surface area contributed by atoms with Gasteiger partial charge < -0.3 is 30.2 Å². The molecule has 1 atom stereocenters. The van der Waals surface area contributed by atoms with Gasteiger partial charge in [0.15, 0.2) is 6.10 Å². The van der Waals surface area contributed by atoms with E-state index < -0.39 is 111 Å². The number of rotatable bonds is 24. The number of nitrogens with one attached hydrogen (secondary N) is 3. The average Bonchev–Trinajstić information content (AvgIpc) is 0.764. The minimum atomic E-state index is -4.73. The summed E-state index contributed by atoms with van der Waals surface area (Å²) in [7, 11) is 2.95. The van der Waals surface area contributed by atoms with Crippen LogP contribution in [0.5, 0.6) is 17.2 Å². The highest BCUT2D eigenvalue weighted by molar-refractivity contribution is 5.83. The van der Waals surface area contributed by atoms with Crippen molar-refractivity contribution in [3.05, 3.63) is 410 Å². The Morgan fingerprint density at radius 1 is 0.258 bits per heavy atom. The average molecular weight is 1670 g/mol. The van der Waals surface area contributed by atoms with Crippen LogP contribution in [0, 0.1) is 0 Å². The number of ether oxygens (including phenoxy) is 3. The summed E-state index contributed by atoms with van der Waals surface area (Å²) < 4.78 is 264. The molecule has 0 fully saturated rings. The number of methoxy groups -OCH3 is 2. The van der Waals surface area contributed by atoms with Crippen LogP contribution in [0.3, 0.4) is 0 Å². The number of para-hydroxylation sites is 1. The molecule has 0 aromatic heterocycles. The van der Waals surface area contributed by atoms with Crippen molar-refractivity contribution in [2.75, 3.05) is 14.2 Å². The highest BCUT2D eigenvalue weighted by Crippen LogP contribution is 2.45. The molecule has 0 spiro atoms. The fourth-order valence-electron chi connectivity index (χ4n) is 13.7. The molecule has 12 rings (SSSR count). The maximum Gasteiger partial charge on any atom is 0.416 e. The van der Waals surface area contributed by atoms with Crippen molar-refractivity contribution < 1.29 is 108 Å².